The molecule has 1 aromatic carbocycles. The fraction of sp³-hybridized carbons (Fsp3) is 0.682. The number of guanidine groups is 1. The van der Waals surface area contributed by atoms with Gasteiger partial charge in [-0.3, -0.25) is 4.99 Å². The maximum Gasteiger partial charge on any atom is 0.193 e. The maximum absolute atomic E-state index is 5.95. The van der Waals surface area contributed by atoms with Crippen LogP contribution < -0.4 is 5.32 Å². The lowest BCUT2D eigenvalue weighted by Gasteiger charge is -2.25. The van der Waals surface area contributed by atoms with Crippen molar-refractivity contribution in [1.82, 2.24) is 15.1 Å². The average molecular weight is 500 g/mol. The summed E-state index contributed by atoms with van der Waals surface area (Å²) in [6.07, 6.45) is 3.91. The lowest BCUT2D eigenvalue weighted by atomic mass is 10.1. The first kappa shape index (κ1) is 23.4. The molecule has 0 aromatic heterocycles. The molecule has 1 N–H and O–H groups in total. The van der Waals surface area contributed by atoms with Crippen LogP contribution in [-0.2, 0) is 11.3 Å². The van der Waals surface area contributed by atoms with Crippen LogP contribution in [0.3, 0.4) is 0 Å². The second-order valence-corrected chi connectivity index (χ2v) is 8.14. The van der Waals surface area contributed by atoms with Gasteiger partial charge in [0, 0.05) is 39.1 Å². The van der Waals surface area contributed by atoms with E-state index in [9.17, 15) is 0 Å². The summed E-state index contributed by atoms with van der Waals surface area (Å²) in [4.78, 5) is 9.49. The molecule has 0 bridgehead atoms. The zero-order valence-electron chi connectivity index (χ0n) is 17.5. The first-order valence-electron chi connectivity index (χ1n) is 10.5. The third-order valence-corrected chi connectivity index (χ3v) is 5.64. The lowest BCUT2D eigenvalue weighted by molar-refractivity contribution is 0.0906. The fourth-order valence-corrected chi connectivity index (χ4v) is 4.15. The second-order valence-electron chi connectivity index (χ2n) is 8.14. The minimum absolute atomic E-state index is 0. The van der Waals surface area contributed by atoms with Crippen molar-refractivity contribution in [2.75, 3.05) is 52.9 Å². The van der Waals surface area contributed by atoms with Crippen LogP contribution in [0.15, 0.2) is 35.3 Å². The molecule has 2 aliphatic rings. The summed E-state index contributed by atoms with van der Waals surface area (Å²) in [5.74, 6) is 2.29. The van der Waals surface area contributed by atoms with Gasteiger partial charge < -0.3 is 19.9 Å². The number of rotatable bonds is 8. The SMILES string of the molecule is CN=C(NCC(C)CN1CCCC1)N1CCC(COCc2ccccc2)C1.I. The Kier molecular flexibility index (Phi) is 10.6. The van der Waals surface area contributed by atoms with Gasteiger partial charge in [0.15, 0.2) is 5.96 Å². The molecule has 2 unspecified atom stereocenters. The van der Waals surface area contributed by atoms with Crippen LogP contribution in [0.2, 0.25) is 0 Å². The van der Waals surface area contributed by atoms with Gasteiger partial charge in [-0.15, -0.1) is 24.0 Å². The van der Waals surface area contributed by atoms with Gasteiger partial charge >= 0.3 is 0 Å². The molecule has 5 nitrogen and oxygen atoms in total. The molecule has 2 fully saturated rings. The smallest absolute Gasteiger partial charge is 0.193 e. The van der Waals surface area contributed by atoms with E-state index < -0.39 is 0 Å². The van der Waals surface area contributed by atoms with E-state index in [0.717, 1.165) is 32.2 Å². The van der Waals surface area contributed by atoms with Crippen molar-refractivity contribution in [2.24, 2.45) is 16.8 Å². The monoisotopic (exact) mass is 500 g/mol. The van der Waals surface area contributed by atoms with Crippen molar-refractivity contribution < 1.29 is 4.74 Å². The fourth-order valence-electron chi connectivity index (χ4n) is 4.15. The quantitative estimate of drug-likeness (QED) is 0.337. The number of hydrogen-bond acceptors (Lipinski definition) is 3. The van der Waals surface area contributed by atoms with E-state index in [4.69, 9.17) is 4.74 Å². The summed E-state index contributed by atoms with van der Waals surface area (Å²) in [6, 6.07) is 10.4. The number of ether oxygens (including phenoxy) is 1. The molecule has 2 saturated heterocycles. The van der Waals surface area contributed by atoms with Gasteiger partial charge in [-0.2, -0.15) is 0 Å². The van der Waals surface area contributed by atoms with Crippen LogP contribution >= 0.6 is 24.0 Å². The number of likely N-dealkylation sites (tertiary alicyclic amines) is 2. The van der Waals surface area contributed by atoms with E-state index in [0.29, 0.717) is 18.4 Å². The Hall–Kier alpha value is -0.860. The molecule has 0 amide bonds. The maximum atomic E-state index is 5.95. The zero-order chi connectivity index (χ0) is 18.9. The topological polar surface area (TPSA) is 40.1 Å². The molecule has 2 aliphatic heterocycles. The Bertz CT molecular complexity index is 577. The summed E-state index contributed by atoms with van der Waals surface area (Å²) in [5.41, 5.74) is 1.25. The summed E-state index contributed by atoms with van der Waals surface area (Å²) in [6.45, 7) is 10.7. The third-order valence-electron chi connectivity index (χ3n) is 5.64. The van der Waals surface area contributed by atoms with Crippen LogP contribution in [0.1, 0.15) is 31.7 Å². The summed E-state index contributed by atoms with van der Waals surface area (Å²) >= 11 is 0. The van der Waals surface area contributed by atoms with Gasteiger partial charge in [0.05, 0.1) is 13.2 Å². The van der Waals surface area contributed by atoms with Gasteiger partial charge in [0.2, 0.25) is 0 Å². The Morgan fingerprint density at radius 2 is 1.96 bits per heavy atom. The van der Waals surface area contributed by atoms with Crippen molar-refractivity contribution in [3.63, 3.8) is 0 Å². The number of halogens is 1. The molecular formula is C22H37IN4O. The first-order valence-corrected chi connectivity index (χ1v) is 10.5. The Morgan fingerprint density at radius 3 is 2.68 bits per heavy atom. The first-order chi connectivity index (χ1) is 13.2. The molecule has 2 atom stereocenters. The van der Waals surface area contributed by atoms with Crippen molar-refractivity contribution >= 4 is 29.9 Å². The predicted molar refractivity (Wildman–Crippen MR) is 127 cm³/mol. The van der Waals surface area contributed by atoms with Crippen LogP contribution in [0.25, 0.3) is 0 Å². The molecule has 0 aliphatic carbocycles. The number of nitrogens with zero attached hydrogens (tertiary/aromatic N) is 3. The number of benzene rings is 1. The molecule has 0 saturated carbocycles. The van der Waals surface area contributed by atoms with Gasteiger partial charge in [-0.05, 0) is 43.8 Å². The third kappa shape index (κ3) is 7.52. The highest BCUT2D eigenvalue weighted by Crippen LogP contribution is 2.17. The molecule has 0 spiro atoms. The largest absolute Gasteiger partial charge is 0.376 e. The second kappa shape index (κ2) is 12.6. The van der Waals surface area contributed by atoms with Crippen LogP contribution in [-0.4, -0.2) is 68.7 Å². The Balaban J connectivity index is 0.00000280. The van der Waals surface area contributed by atoms with E-state index in [1.165, 1.54) is 44.5 Å². The molecule has 2 heterocycles. The highest BCUT2D eigenvalue weighted by atomic mass is 127. The number of nitrogens with one attached hydrogen (secondary N) is 1. The molecule has 158 valence electrons. The van der Waals surface area contributed by atoms with Gasteiger partial charge in [0.25, 0.3) is 0 Å². The van der Waals surface area contributed by atoms with E-state index >= 15 is 0 Å². The van der Waals surface area contributed by atoms with Gasteiger partial charge in [-0.1, -0.05) is 37.3 Å². The van der Waals surface area contributed by atoms with Crippen molar-refractivity contribution in [1.29, 1.82) is 0 Å². The van der Waals surface area contributed by atoms with E-state index in [1.807, 2.05) is 13.1 Å². The van der Waals surface area contributed by atoms with E-state index in [1.54, 1.807) is 0 Å². The lowest BCUT2D eigenvalue weighted by Crippen LogP contribution is -2.43. The molecular weight excluding hydrogens is 463 g/mol. The highest BCUT2D eigenvalue weighted by molar-refractivity contribution is 14.0. The summed E-state index contributed by atoms with van der Waals surface area (Å²) in [5, 5.41) is 3.60. The van der Waals surface area contributed by atoms with E-state index in [2.05, 4.69) is 51.3 Å². The Morgan fingerprint density at radius 1 is 1.21 bits per heavy atom. The minimum Gasteiger partial charge on any atom is -0.376 e. The normalized spacial score (nSPS) is 21.6. The predicted octanol–water partition coefficient (Wildman–Crippen LogP) is 3.45. The average Bonchev–Trinajstić information content (AvgIpc) is 3.36. The number of hydrogen-bond donors (Lipinski definition) is 1. The molecule has 28 heavy (non-hydrogen) atoms. The molecule has 6 heteroatoms. The zero-order valence-corrected chi connectivity index (χ0v) is 19.8. The van der Waals surface area contributed by atoms with Crippen molar-refractivity contribution in [3.05, 3.63) is 35.9 Å². The molecule has 3 rings (SSSR count). The van der Waals surface area contributed by atoms with Crippen molar-refractivity contribution in [2.45, 2.75) is 32.8 Å². The summed E-state index contributed by atoms with van der Waals surface area (Å²) < 4.78 is 5.95. The standard InChI is InChI=1S/C22H36N4O.HI/c1-19(15-25-11-6-7-12-25)14-24-22(23-2)26-13-10-21(16-26)18-27-17-20-8-4-3-5-9-20;/h3-5,8-9,19,21H,6-7,10-18H2,1-2H3,(H,23,24);1H. The Labute approximate surface area is 187 Å². The number of aliphatic imine (C=N–C) groups is 1. The molecule has 1 aromatic rings. The van der Waals surface area contributed by atoms with Crippen molar-refractivity contribution in [3.8, 4) is 0 Å². The van der Waals surface area contributed by atoms with Crippen LogP contribution in [0.5, 0.6) is 0 Å². The minimum atomic E-state index is 0. The van der Waals surface area contributed by atoms with Crippen LogP contribution in [0, 0.1) is 11.8 Å². The summed E-state index contributed by atoms with van der Waals surface area (Å²) in [7, 11) is 1.90. The molecule has 0 radical (unpaired) electrons. The van der Waals surface area contributed by atoms with Crippen LogP contribution in [0.4, 0.5) is 0 Å². The van der Waals surface area contributed by atoms with Gasteiger partial charge in [0.1, 0.15) is 0 Å². The van der Waals surface area contributed by atoms with E-state index in [-0.39, 0.29) is 24.0 Å². The van der Waals surface area contributed by atoms with Gasteiger partial charge in [-0.25, -0.2) is 0 Å². The highest BCUT2D eigenvalue weighted by Gasteiger charge is 2.25.